The first-order valence-corrected chi connectivity index (χ1v) is 5.20. The molecule has 0 aliphatic heterocycles. The minimum absolute atomic E-state index is 0.140. The first kappa shape index (κ1) is 10.7. The summed E-state index contributed by atoms with van der Waals surface area (Å²) in [6.45, 7) is 1.84. The summed E-state index contributed by atoms with van der Waals surface area (Å²) in [5.41, 5.74) is 8.72. The van der Waals surface area contributed by atoms with Gasteiger partial charge in [0.15, 0.2) is 0 Å². The van der Waals surface area contributed by atoms with Crippen LogP contribution in [-0.2, 0) is 0 Å². The number of aromatic nitrogens is 3. The fraction of sp³-hybridized carbons (Fsp3) is 0.125. The van der Waals surface area contributed by atoms with E-state index < -0.39 is 0 Å². The third-order valence-electron chi connectivity index (χ3n) is 1.66. The first-order chi connectivity index (χ1) is 7.67. The van der Waals surface area contributed by atoms with Crippen LogP contribution in [0.3, 0.4) is 0 Å². The molecular weight excluding hydrogens is 228 g/mol. The second kappa shape index (κ2) is 4.37. The molecule has 2 rings (SSSR count). The minimum atomic E-state index is 0.140. The Labute approximate surface area is 95.6 Å². The number of hydrogen-bond acceptors (Lipinski definition) is 8. The van der Waals surface area contributed by atoms with Gasteiger partial charge in [0.05, 0.1) is 5.69 Å². The lowest BCUT2D eigenvalue weighted by Gasteiger charge is -2.02. The molecule has 0 saturated heterocycles. The molecule has 16 heavy (non-hydrogen) atoms. The van der Waals surface area contributed by atoms with Crippen molar-refractivity contribution >= 4 is 23.5 Å². The molecule has 84 valence electrons. The standard InChI is InChI=1S/C8H10N6OS/c1-4-3-15-8(11-4)16-6-2-5(14-10)12-7(9)13-6/h2-3H,10H2,1H3,(H3,9,12,13,14). The molecule has 0 unspecified atom stereocenters. The lowest BCUT2D eigenvalue weighted by Crippen LogP contribution is -2.10. The molecule has 2 heterocycles. The molecule has 8 heteroatoms. The summed E-state index contributed by atoms with van der Waals surface area (Å²) >= 11 is 1.25. The number of nitrogens with one attached hydrogen (secondary N) is 1. The van der Waals surface area contributed by atoms with Gasteiger partial charge in [-0.1, -0.05) is 0 Å². The lowest BCUT2D eigenvalue weighted by atomic mass is 10.6. The maximum Gasteiger partial charge on any atom is 0.262 e. The van der Waals surface area contributed by atoms with E-state index in [4.69, 9.17) is 16.0 Å². The average molecular weight is 238 g/mol. The van der Waals surface area contributed by atoms with E-state index in [0.717, 1.165) is 5.69 Å². The number of rotatable bonds is 3. The Balaban J connectivity index is 2.24. The Morgan fingerprint density at radius 1 is 1.38 bits per heavy atom. The van der Waals surface area contributed by atoms with E-state index in [9.17, 15) is 0 Å². The molecule has 2 aromatic rings. The summed E-state index contributed by atoms with van der Waals surface area (Å²) in [4.78, 5) is 12.0. The van der Waals surface area contributed by atoms with E-state index >= 15 is 0 Å². The van der Waals surface area contributed by atoms with Crippen LogP contribution in [0.4, 0.5) is 11.8 Å². The summed E-state index contributed by atoms with van der Waals surface area (Å²) in [5.74, 6) is 5.82. The highest BCUT2D eigenvalue weighted by Crippen LogP contribution is 2.26. The number of aryl methyl sites for hydroxylation is 1. The van der Waals surface area contributed by atoms with Crippen LogP contribution in [0.25, 0.3) is 0 Å². The number of nitrogens with zero attached hydrogens (tertiary/aromatic N) is 3. The number of anilines is 2. The van der Waals surface area contributed by atoms with Crippen molar-refractivity contribution in [1.29, 1.82) is 0 Å². The van der Waals surface area contributed by atoms with Gasteiger partial charge in [-0.25, -0.2) is 15.8 Å². The Hall–Kier alpha value is -1.80. The van der Waals surface area contributed by atoms with Crippen molar-refractivity contribution in [2.24, 2.45) is 5.84 Å². The number of oxazole rings is 1. The average Bonchev–Trinajstić information content (AvgIpc) is 2.63. The van der Waals surface area contributed by atoms with Crippen LogP contribution >= 0.6 is 11.8 Å². The van der Waals surface area contributed by atoms with Crippen molar-refractivity contribution in [3.05, 3.63) is 18.0 Å². The van der Waals surface area contributed by atoms with Crippen LogP contribution in [0.2, 0.25) is 0 Å². The molecule has 2 aromatic heterocycles. The highest BCUT2D eigenvalue weighted by Gasteiger charge is 2.07. The second-order valence-electron chi connectivity index (χ2n) is 2.95. The smallest absolute Gasteiger partial charge is 0.262 e. The Morgan fingerprint density at radius 2 is 2.19 bits per heavy atom. The SMILES string of the molecule is Cc1coc(Sc2cc(NN)nc(N)n2)n1. The van der Waals surface area contributed by atoms with Crippen LogP contribution in [0.5, 0.6) is 0 Å². The molecule has 0 aromatic carbocycles. The van der Waals surface area contributed by atoms with Gasteiger partial charge >= 0.3 is 0 Å². The number of hydrogen-bond donors (Lipinski definition) is 3. The predicted molar refractivity (Wildman–Crippen MR) is 59.6 cm³/mol. The zero-order valence-electron chi connectivity index (χ0n) is 8.47. The molecule has 0 saturated carbocycles. The number of hydrazine groups is 1. The van der Waals surface area contributed by atoms with E-state index in [1.54, 1.807) is 12.3 Å². The van der Waals surface area contributed by atoms with E-state index in [1.165, 1.54) is 11.8 Å². The molecule has 0 aliphatic carbocycles. The molecule has 0 fully saturated rings. The van der Waals surface area contributed by atoms with Crippen molar-refractivity contribution in [3.63, 3.8) is 0 Å². The molecule has 0 bridgehead atoms. The molecule has 7 nitrogen and oxygen atoms in total. The quantitative estimate of drug-likeness (QED) is 0.408. The topological polar surface area (TPSA) is 116 Å². The van der Waals surface area contributed by atoms with Crippen LogP contribution in [0, 0.1) is 6.92 Å². The van der Waals surface area contributed by atoms with Crippen LogP contribution < -0.4 is 17.0 Å². The molecule has 5 N–H and O–H groups in total. The zero-order chi connectivity index (χ0) is 11.5. The highest BCUT2D eigenvalue weighted by atomic mass is 32.2. The van der Waals surface area contributed by atoms with Crippen molar-refractivity contribution < 1.29 is 4.42 Å². The van der Waals surface area contributed by atoms with Gasteiger partial charge in [-0.3, -0.25) is 0 Å². The Bertz CT molecular complexity index is 499. The van der Waals surface area contributed by atoms with Gasteiger partial charge in [-0.2, -0.15) is 4.98 Å². The molecule has 0 spiro atoms. The largest absolute Gasteiger partial charge is 0.439 e. The normalized spacial score (nSPS) is 10.4. The second-order valence-corrected chi connectivity index (χ2v) is 3.92. The van der Waals surface area contributed by atoms with Crippen molar-refractivity contribution in [2.45, 2.75) is 17.2 Å². The highest BCUT2D eigenvalue weighted by molar-refractivity contribution is 7.99. The van der Waals surface area contributed by atoms with Gasteiger partial charge in [0, 0.05) is 6.07 Å². The summed E-state index contributed by atoms with van der Waals surface area (Å²) < 4.78 is 5.18. The van der Waals surface area contributed by atoms with Crippen molar-refractivity contribution in [1.82, 2.24) is 15.0 Å². The van der Waals surface area contributed by atoms with E-state index in [2.05, 4.69) is 20.4 Å². The summed E-state index contributed by atoms with van der Waals surface area (Å²) in [5, 5.41) is 1.11. The van der Waals surface area contributed by atoms with Gasteiger partial charge in [-0.15, -0.1) is 0 Å². The minimum Gasteiger partial charge on any atom is -0.439 e. The Kier molecular flexibility index (Phi) is 2.93. The molecule has 0 aliphatic rings. The summed E-state index contributed by atoms with van der Waals surface area (Å²) in [6, 6.07) is 1.65. The monoisotopic (exact) mass is 238 g/mol. The molecule has 0 radical (unpaired) electrons. The van der Waals surface area contributed by atoms with Gasteiger partial charge in [0.2, 0.25) is 5.95 Å². The van der Waals surface area contributed by atoms with Gasteiger partial charge < -0.3 is 15.6 Å². The van der Waals surface area contributed by atoms with Gasteiger partial charge in [0.1, 0.15) is 17.1 Å². The van der Waals surface area contributed by atoms with E-state index in [1.807, 2.05) is 6.92 Å². The lowest BCUT2D eigenvalue weighted by molar-refractivity contribution is 0.454. The van der Waals surface area contributed by atoms with Gasteiger partial charge in [0.25, 0.3) is 5.22 Å². The van der Waals surface area contributed by atoms with E-state index in [0.29, 0.717) is 16.1 Å². The molecule has 0 amide bonds. The molecular formula is C8H10N6OS. The van der Waals surface area contributed by atoms with E-state index in [-0.39, 0.29) is 5.95 Å². The van der Waals surface area contributed by atoms with Crippen molar-refractivity contribution in [2.75, 3.05) is 11.2 Å². The number of nitrogen functional groups attached to an aromatic ring is 2. The fourth-order valence-corrected chi connectivity index (χ4v) is 1.81. The zero-order valence-corrected chi connectivity index (χ0v) is 9.28. The molecule has 0 atom stereocenters. The first-order valence-electron chi connectivity index (χ1n) is 4.38. The third kappa shape index (κ3) is 2.41. The van der Waals surface area contributed by atoms with Gasteiger partial charge in [-0.05, 0) is 18.7 Å². The predicted octanol–water partition coefficient (Wildman–Crippen LogP) is 0.792. The van der Waals surface area contributed by atoms with Crippen LogP contribution in [-0.4, -0.2) is 15.0 Å². The maximum atomic E-state index is 5.51. The maximum absolute atomic E-state index is 5.51. The third-order valence-corrected chi connectivity index (χ3v) is 2.44. The van der Waals surface area contributed by atoms with Crippen LogP contribution in [0.15, 0.2) is 27.0 Å². The fourth-order valence-electron chi connectivity index (χ4n) is 1.04. The summed E-state index contributed by atoms with van der Waals surface area (Å²) in [7, 11) is 0. The summed E-state index contributed by atoms with van der Waals surface area (Å²) in [6.07, 6.45) is 1.56. The Morgan fingerprint density at radius 3 is 2.81 bits per heavy atom. The van der Waals surface area contributed by atoms with Crippen molar-refractivity contribution in [3.8, 4) is 0 Å². The number of nitrogens with two attached hydrogens (primary N) is 2. The van der Waals surface area contributed by atoms with Crippen LogP contribution in [0.1, 0.15) is 5.69 Å².